The monoisotopic (exact) mass is 496 g/mol. The number of carbonyl (C=O) groups excluding carboxylic acids is 1. The topological polar surface area (TPSA) is 66.5 Å². The van der Waals surface area contributed by atoms with Crippen molar-refractivity contribution in [3.8, 4) is 0 Å². The second-order valence-electron chi connectivity index (χ2n) is 8.58. The average molecular weight is 497 g/mol. The highest BCUT2D eigenvalue weighted by Crippen LogP contribution is 2.31. The number of amides is 1. The average Bonchev–Trinajstić information content (AvgIpc) is 2.71. The summed E-state index contributed by atoms with van der Waals surface area (Å²) in [5.41, 5.74) is 3.15. The molecule has 0 saturated heterocycles. The SMILES string of the molecule is Cc1cc(C)c(S(=O)(=O)N(CC(=O)NCc2ccc(Cl)cc2Cl)C2CCCCC2)c(C)c1. The molecule has 0 bridgehead atoms. The molecule has 1 amide bonds. The van der Waals surface area contributed by atoms with Crippen molar-refractivity contribution < 1.29 is 13.2 Å². The number of hydrogen-bond acceptors (Lipinski definition) is 3. The van der Waals surface area contributed by atoms with Crippen LogP contribution in [0.3, 0.4) is 0 Å². The number of sulfonamides is 1. The number of hydrogen-bond donors (Lipinski definition) is 1. The van der Waals surface area contributed by atoms with Gasteiger partial charge < -0.3 is 5.32 Å². The standard InChI is InChI=1S/C24H30Cl2N2O3S/c1-16-11-17(2)24(18(3)12-16)32(30,31)28(21-7-5-4-6-8-21)15-23(29)27-14-19-9-10-20(25)13-22(19)26/h9-13,21H,4-8,14-15H2,1-3H3,(H,27,29). The minimum absolute atomic E-state index is 0.182. The second kappa shape index (κ2) is 10.6. The minimum Gasteiger partial charge on any atom is -0.351 e. The number of nitrogens with zero attached hydrogens (tertiary/aromatic N) is 1. The van der Waals surface area contributed by atoms with Crippen molar-refractivity contribution in [1.29, 1.82) is 0 Å². The molecule has 0 unspecified atom stereocenters. The number of aryl methyl sites for hydroxylation is 3. The summed E-state index contributed by atoms with van der Waals surface area (Å²) in [6.45, 7) is 5.56. The number of benzene rings is 2. The second-order valence-corrected chi connectivity index (χ2v) is 11.3. The molecule has 0 radical (unpaired) electrons. The molecule has 2 aromatic rings. The highest BCUT2D eigenvalue weighted by Gasteiger charge is 2.35. The molecule has 3 rings (SSSR count). The molecule has 1 N–H and O–H groups in total. The fourth-order valence-corrected chi connectivity index (χ4v) is 7.06. The van der Waals surface area contributed by atoms with Crippen molar-refractivity contribution in [1.82, 2.24) is 9.62 Å². The summed E-state index contributed by atoms with van der Waals surface area (Å²) in [6, 6.07) is 8.64. The van der Waals surface area contributed by atoms with E-state index < -0.39 is 10.0 Å². The number of halogens is 2. The van der Waals surface area contributed by atoms with Crippen molar-refractivity contribution in [3.63, 3.8) is 0 Å². The van der Waals surface area contributed by atoms with Crippen LogP contribution in [0.1, 0.15) is 54.4 Å². The summed E-state index contributed by atoms with van der Waals surface area (Å²) in [4.78, 5) is 13.2. The van der Waals surface area contributed by atoms with Crippen molar-refractivity contribution in [2.24, 2.45) is 0 Å². The van der Waals surface area contributed by atoms with E-state index in [1.54, 1.807) is 18.2 Å². The lowest BCUT2D eigenvalue weighted by Gasteiger charge is -2.33. The predicted octanol–water partition coefficient (Wildman–Crippen LogP) is 5.56. The molecule has 174 valence electrons. The molecular formula is C24H30Cl2N2O3S. The molecule has 0 aliphatic heterocycles. The highest BCUT2D eigenvalue weighted by atomic mass is 35.5. The number of rotatable bonds is 7. The van der Waals surface area contributed by atoms with Crippen LogP contribution >= 0.6 is 23.2 Å². The first-order valence-electron chi connectivity index (χ1n) is 10.9. The van der Waals surface area contributed by atoms with Crippen molar-refractivity contribution in [2.45, 2.75) is 70.4 Å². The molecule has 1 aliphatic rings. The van der Waals surface area contributed by atoms with Crippen LogP contribution in [0.15, 0.2) is 35.2 Å². The van der Waals surface area contributed by atoms with Gasteiger partial charge in [-0.05, 0) is 62.4 Å². The molecule has 1 saturated carbocycles. The Bertz CT molecular complexity index is 1070. The normalized spacial score (nSPS) is 15.2. The summed E-state index contributed by atoms with van der Waals surface area (Å²) >= 11 is 12.1. The Labute approximate surface area is 201 Å². The van der Waals surface area contributed by atoms with E-state index in [1.165, 1.54) is 4.31 Å². The largest absolute Gasteiger partial charge is 0.351 e. The smallest absolute Gasteiger partial charge is 0.244 e. The van der Waals surface area contributed by atoms with E-state index >= 15 is 0 Å². The third-order valence-corrected chi connectivity index (χ3v) is 8.74. The van der Waals surface area contributed by atoms with Gasteiger partial charge in [0.2, 0.25) is 15.9 Å². The molecule has 0 heterocycles. The molecule has 0 atom stereocenters. The van der Waals surface area contributed by atoms with E-state index in [4.69, 9.17) is 23.2 Å². The Hall–Kier alpha value is -1.60. The predicted molar refractivity (Wildman–Crippen MR) is 130 cm³/mol. The van der Waals surface area contributed by atoms with Crippen molar-refractivity contribution >= 4 is 39.1 Å². The summed E-state index contributed by atoms with van der Waals surface area (Å²) in [6.07, 6.45) is 4.54. The van der Waals surface area contributed by atoms with Gasteiger partial charge in [0.15, 0.2) is 0 Å². The van der Waals surface area contributed by atoms with E-state index in [-0.39, 0.29) is 25.0 Å². The lowest BCUT2D eigenvalue weighted by Crippen LogP contribution is -2.47. The van der Waals surface area contributed by atoms with Gasteiger partial charge >= 0.3 is 0 Å². The molecule has 0 aromatic heterocycles. The van der Waals surface area contributed by atoms with Gasteiger partial charge in [0.05, 0.1) is 11.4 Å². The van der Waals surface area contributed by atoms with Gasteiger partial charge in [-0.25, -0.2) is 8.42 Å². The highest BCUT2D eigenvalue weighted by molar-refractivity contribution is 7.89. The van der Waals surface area contributed by atoms with Gasteiger partial charge in [0.25, 0.3) is 0 Å². The Morgan fingerprint density at radius 2 is 1.66 bits per heavy atom. The van der Waals surface area contributed by atoms with E-state index in [9.17, 15) is 13.2 Å². The van der Waals surface area contributed by atoms with Crippen LogP contribution in [0.4, 0.5) is 0 Å². The third-order valence-electron chi connectivity index (χ3n) is 5.94. The third kappa shape index (κ3) is 5.84. The Morgan fingerprint density at radius 3 is 2.25 bits per heavy atom. The molecule has 32 heavy (non-hydrogen) atoms. The Balaban J connectivity index is 1.85. The zero-order chi connectivity index (χ0) is 23.5. The fourth-order valence-electron chi connectivity index (χ4n) is 4.53. The maximum absolute atomic E-state index is 13.8. The first-order chi connectivity index (χ1) is 15.1. The van der Waals surface area contributed by atoms with Crippen molar-refractivity contribution in [3.05, 3.63) is 62.6 Å². The molecule has 1 aliphatic carbocycles. The maximum atomic E-state index is 13.8. The first kappa shape index (κ1) is 25.0. The molecular weight excluding hydrogens is 467 g/mol. The fraction of sp³-hybridized carbons (Fsp3) is 0.458. The van der Waals surface area contributed by atoms with E-state index in [1.807, 2.05) is 32.9 Å². The Kier molecular flexibility index (Phi) is 8.26. The summed E-state index contributed by atoms with van der Waals surface area (Å²) in [5, 5.41) is 3.79. The number of carbonyl (C=O) groups is 1. The minimum atomic E-state index is -3.84. The lowest BCUT2D eigenvalue weighted by molar-refractivity contribution is -0.121. The molecule has 1 fully saturated rings. The van der Waals surface area contributed by atoms with E-state index in [2.05, 4.69) is 5.32 Å². The lowest BCUT2D eigenvalue weighted by atomic mass is 9.95. The van der Waals surface area contributed by atoms with Crippen molar-refractivity contribution in [2.75, 3.05) is 6.54 Å². The van der Waals surface area contributed by atoms with Crippen LogP contribution in [0.2, 0.25) is 10.0 Å². The first-order valence-corrected chi connectivity index (χ1v) is 13.1. The Morgan fingerprint density at radius 1 is 1.03 bits per heavy atom. The summed E-state index contributed by atoms with van der Waals surface area (Å²) in [5.74, 6) is -0.354. The van der Waals surface area contributed by atoms with Crippen LogP contribution < -0.4 is 5.32 Å². The van der Waals surface area contributed by atoms with Crippen LogP contribution in [0, 0.1) is 20.8 Å². The van der Waals surface area contributed by atoms with Crippen LogP contribution in [0.5, 0.6) is 0 Å². The van der Waals surface area contributed by atoms with Crippen LogP contribution in [0.25, 0.3) is 0 Å². The molecule has 8 heteroatoms. The van der Waals surface area contributed by atoms with Gasteiger partial charge in [0.1, 0.15) is 0 Å². The van der Waals surface area contributed by atoms with E-state index in [0.717, 1.165) is 43.2 Å². The summed E-state index contributed by atoms with van der Waals surface area (Å²) < 4.78 is 29.0. The molecule has 5 nitrogen and oxygen atoms in total. The zero-order valence-corrected chi connectivity index (χ0v) is 21.1. The van der Waals surface area contributed by atoms with E-state index in [0.29, 0.717) is 26.1 Å². The van der Waals surface area contributed by atoms with Gasteiger partial charge in [0, 0.05) is 22.6 Å². The summed E-state index contributed by atoms with van der Waals surface area (Å²) in [7, 11) is -3.84. The zero-order valence-electron chi connectivity index (χ0n) is 18.7. The molecule has 0 spiro atoms. The van der Waals surface area contributed by atoms with Gasteiger partial charge in [-0.15, -0.1) is 0 Å². The number of nitrogens with one attached hydrogen (secondary N) is 1. The van der Waals surface area contributed by atoms with Gasteiger partial charge in [-0.2, -0.15) is 4.31 Å². The maximum Gasteiger partial charge on any atom is 0.244 e. The molecule has 2 aromatic carbocycles. The van der Waals surface area contributed by atoms with Gasteiger partial charge in [-0.3, -0.25) is 4.79 Å². The van der Waals surface area contributed by atoms with Crippen LogP contribution in [-0.2, 0) is 21.4 Å². The quantitative estimate of drug-likeness (QED) is 0.545. The van der Waals surface area contributed by atoms with Gasteiger partial charge in [-0.1, -0.05) is 66.2 Å². The van der Waals surface area contributed by atoms with Crippen LogP contribution in [-0.4, -0.2) is 31.2 Å².